The average Bonchev–Trinajstić information content (AvgIpc) is 2.89. The lowest BCUT2D eigenvalue weighted by Crippen LogP contribution is -2.52. The fourth-order valence-electron chi connectivity index (χ4n) is 5.39. The van der Waals surface area contributed by atoms with Gasteiger partial charge < -0.3 is 10.4 Å². The van der Waals surface area contributed by atoms with Gasteiger partial charge in [0.25, 0.3) is 0 Å². The Morgan fingerprint density at radius 1 is 0.526 bits per heavy atom. The van der Waals surface area contributed by atoms with Gasteiger partial charge in [0, 0.05) is 25.9 Å². The highest BCUT2D eigenvalue weighted by Crippen LogP contribution is 2.18. The van der Waals surface area contributed by atoms with Crippen LogP contribution in [0.25, 0.3) is 0 Å². The van der Waals surface area contributed by atoms with Crippen LogP contribution in [0.4, 0.5) is 0 Å². The fraction of sp³-hybridized carbons (Fsp3) is 0.941. The van der Waals surface area contributed by atoms with Crippen LogP contribution < -0.4 is 5.32 Å². The van der Waals surface area contributed by atoms with Crippen molar-refractivity contribution < 1.29 is 14.7 Å². The van der Waals surface area contributed by atoms with Crippen molar-refractivity contribution in [3.8, 4) is 0 Å². The summed E-state index contributed by atoms with van der Waals surface area (Å²) in [5, 5.41) is 12.5. The highest BCUT2D eigenvalue weighted by atomic mass is 16.3. The maximum Gasteiger partial charge on any atom is 0.220 e. The first-order chi connectivity index (χ1) is 18.5. The molecule has 0 aromatic heterocycles. The molecule has 0 radical (unpaired) electrons. The first kappa shape index (κ1) is 37.1. The van der Waals surface area contributed by atoms with Crippen LogP contribution in [0.1, 0.15) is 194 Å². The van der Waals surface area contributed by atoms with Crippen molar-refractivity contribution in [2.75, 3.05) is 6.61 Å². The Labute approximate surface area is 237 Å². The Kier molecular flexibility index (Phi) is 27.0. The maximum absolute atomic E-state index is 12.9. The molecule has 1 unspecified atom stereocenters. The molecule has 226 valence electrons. The molecule has 0 aromatic rings. The largest absolute Gasteiger partial charge is 0.396 e. The molecule has 0 heterocycles. The molecule has 1 amide bonds. The van der Waals surface area contributed by atoms with Crippen molar-refractivity contribution in [2.24, 2.45) is 0 Å². The molecule has 38 heavy (non-hydrogen) atoms. The van der Waals surface area contributed by atoms with Gasteiger partial charge in [-0.05, 0) is 19.8 Å². The Morgan fingerprint density at radius 2 is 0.842 bits per heavy atom. The molecule has 2 N–H and O–H groups in total. The number of aliphatic hydroxyl groups is 1. The SMILES string of the molecule is CCCCCCCCCCCCCCCCCC(=O)NC(C)(CCO)C(=O)CCCCCCCCCCC. The Hall–Kier alpha value is -0.900. The summed E-state index contributed by atoms with van der Waals surface area (Å²) in [5.74, 6) is 0.0235. The van der Waals surface area contributed by atoms with Gasteiger partial charge in [-0.1, -0.05) is 155 Å². The van der Waals surface area contributed by atoms with Gasteiger partial charge in [-0.2, -0.15) is 0 Å². The number of unbranched alkanes of at least 4 members (excludes halogenated alkanes) is 22. The second kappa shape index (κ2) is 27.7. The standard InChI is InChI=1S/C34H67NO3/c1-4-6-8-10-12-14-15-16-17-18-19-21-23-25-27-29-33(38)35-34(3,30-31-36)32(37)28-26-24-22-20-13-11-9-7-5-2/h36H,4-31H2,1-3H3,(H,35,38). The van der Waals surface area contributed by atoms with Crippen molar-refractivity contribution in [3.05, 3.63) is 0 Å². The molecule has 0 spiro atoms. The summed E-state index contributed by atoms with van der Waals surface area (Å²) < 4.78 is 0. The number of carbonyl (C=O) groups excluding carboxylic acids is 2. The maximum atomic E-state index is 12.9. The molecule has 0 aromatic carbocycles. The third kappa shape index (κ3) is 23.0. The lowest BCUT2D eigenvalue weighted by Gasteiger charge is -2.29. The minimum absolute atomic E-state index is 0.0453. The first-order valence-corrected chi connectivity index (χ1v) is 16.9. The average molecular weight is 538 g/mol. The molecule has 4 nitrogen and oxygen atoms in total. The number of Topliss-reactive ketones (excluding diaryl/α,β-unsaturated/α-hetero) is 1. The van der Waals surface area contributed by atoms with Crippen LogP contribution in [0.5, 0.6) is 0 Å². The highest BCUT2D eigenvalue weighted by Gasteiger charge is 2.33. The van der Waals surface area contributed by atoms with E-state index < -0.39 is 5.54 Å². The minimum Gasteiger partial charge on any atom is -0.396 e. The smallest absolute Gasteiger partial charge is 0.220 e. The lowest BCUT2D eigenvalue weighted by atomic mass is 9.88. The summed E-state index contributed by atoms with van der Waals surface area (Å²) in [6.45, 7) is 6.23. The van der Waals surface area contributed by atoms with Crippen LogP contribution in [-0.4, -0.2) is 28.9 Å². The van der Waals surface area contributed by atoms with Gasteiger partial charge in [-0.25, -0.2) is 0 Å². The number of amides is 1. The van der Waals surface area contributed by atoms with E-state index >= 15 is 0 Å². The molecule has 0 saturated heterocycles. The highest BCUT2D eigenvalue weighted by molar-refractivity contribution is 5.92. The van der Waals surface area contributed by atoms with Crippen LogP contribution in [0.3, 0.4) is 0 Å². The van der Waals surface area contributed by atoms with Crippen molar-refractivity contribution in [3.63, 3.8) is 0 Å². The Morgan fingerprint density at radius 3 is 1.18 bits per heavy atom. The van der Waals surface area contributed by atoms with Crippen molar-refractivity contribution >= 4 is 11.7 Å². The summed E-state index contributed by atoms with van der Waals surface area (Å²) in [6, 6.07) is 0. The Bertz CT molecular complexity index is 536. The number of carbonyl (C=O) groups is 2. The number of nitrogens with one attached hydrogen (secondary N) is 1. The zero-order chi connectivity index (χ0) is 28.2. The zero-order valence-corrected chi connectivity index (χ0v) is 26.1. The predicted octanol–water partition coefficient (Wildman–Crippen LogP) is 10.00. The molecule has 0 aliphatic rings. The molecule has 0 bridgehead atoms. The molecular formula is C34H67NO3. The summed E-state index contributed by atoms with van der Waals surface area (Å²) in [6.07, 6.45) is 31.8. The van der Waals surface area contributed by atoms with Crippen LogP contribution in [-0.2, 0) is 9.59 Å². The second-order valence-corrected chi connectivity index (χ2v) is 12.1. The van der Waals surface area contributed by atoms with Crippen LogP contribution in [0.15, 0.2) is 0 Å². The van der Waals surface area contributed by atoms with E-state index in [2.05, 4.69) is 19.2 Å². The summed E-state index contributed by atoms with van der Waals surface area (Å²) in [5.41, 5.74) is -0.929. The normalized spacial score (nSPS) is 12.9. The van der Waals surface area contributed by atoms with E-state index in [-0.39, 0.29) is 18.3 Å². The van der Waals surface area contributed by atoms with Gasteiger partial charge in [0.1, 0.15) is 0 Å². The zero-order valence-electron chi connectivity index (χ0n) is 26.1. The molecule has 0 fully saturated rings. The van der Waals surface area contributed by atoms with Crippen molar-refractivity contribution in [1.29, 1.82) is 0 Å². The van der Waals surface area contributed by atoms with E-state index in [9.17, 15) is 14.7 Å². The van der Waals surface area contributed by atoms with E-state index in [1.807, 2.05) is 0 Å². The predicted molar refractivity (Wildman–Crippen MR) is 165 cm³/mol. The lowest BCUT2D eigenvalue weighted by molar-refractivity contribution is -0.132. The molecule has 0 rings (SSSR count). The van der Waals surface area contributed by atoms with E-state index in [0.717, 1.165) is 25.7 Å². The van der Waals surface area contributed by atoms with Gasteiger partial charge >= 0.3 is 0 Å². The van der Waals surface area contributed by atoms with Crippen molar-refractivity contribution in [1.82, 2.24) is 5.32 Å². The van der Waals surface area contributed by atoms with Crippen LogP contribution >= 0.6 is 0 Å². The fourth-order valence-corrected chi connectivity index (χ4v) is 5.39. The van der Waals surface area contributed by atoms with E-state index in [1.165, 1.54) is 128 Å². The monoisotopic (exact) mass is 538 g/mol. The van der Waals surface area contributed by atoms with E-state index in [4.69, 9.17) is 0 Å². The van der Waals surface area contributed by atoms with Gasteiger partial charge in [-0.3, -0.25) is 9.59 Å². The molecular weight excluding hydrogens is 470 g/mol. The summed E-state index contributed by atoms with van der Waals surface area (Å²) >= 11 is 0. The summed E-state index contributed by atoms with van der Waals surface area (Å²) in [4.78, 5) is 25.4. The first-order valence-electron chi connectivity index (χ1n) is 16.9. The van der Waals surface area contributed by atoms with Crippen LogP contribution in [0.2, 0.25) is 0 Å². The molecule has 0 aliphatic carbocycles. The number of hydrogen-bond donors (Lipinski definition) is 2. The molecule has 0 saturated carbocycles. The van der Waals surface area contributed by atoms with Crippen molar-refractivity contribution in [2.45, 2.75) is 200 Å². The topological polar surface area (TPSA) is 66.4 Å². The van der Waals surface area contributed by atoms with Gasteiger partial charge in [0.05, 0.1) is 5.54 Å². The van der Waals surface area contributed by atoms with E-state index in [0.29, 0.717) is 19.3 Å². The molecule has 4 heteroatoms. The Balaban J connectivity index is 3.81. The van der Waals surface area contributed by atoms with Gasteiger partial charge in [-0.15, -0.1) is 0 Å². The molecule has 1 atom stereocenters. The molecule has 0 aliphatic heterocycles. The number of rotatable bonds is 30. The third-order valence-corrected chi connectivity index (χ3v) is 8.16. The second-order valence-electron chi connectivity index (χ2n) is 12.1. The third-order valence-electron chi connectivity index (χ3n) is 8.16. The van der Waals surface area contributed by atoms with E-state index in [1.54, 1.807) is 6.92 Å². The summed E-state index contributed by atoms with van der Waals surface area (Å²) in [7, 11) is 0. The van der Waals surface area contributed by atoms with Gasteiger partial charge in [0.2, 0.25) is 5.91 Å². The number of ketones is 1. The number of aliphatic hydroxyl groups excluding tert-OH is 1. The quantitative estimate of drug-likeness (QED) is 0.0896. The minimum atomic E-state index is -0.929. The number of hydrogen-bond acceptors (Lipinski definition) is 3. The van der Waals surface area contributed by atoms with Gasteiger partial charge in [0.15, 0.2) is 5.78 Å². The van der Waals surface area contributed by atoms with Crippen LogP contribution in [0, 0.1) is 0 Å².